The number of halogens is 4. The van der Waals surface area contributed by atoms with Gasteiger partial charge in [-0.3, -0.25) is 9.98 Å². The third-order valence-corrected chi connectivity index (χ3v) is 4.74. The van der Waals surface area contributed by atoms with Gasteiger partial charge in [-0.2, -0.15) is 23.3 Å². The first kappa shape index (κ1) is 19.2. The number of nitrogens with zero attached hydrogens (tertiary/aromatic N) is 6. The highest BCUT2D eigenvalue weighted by atomic mass is 35.5. The van der Waals surface area contributed by atoms with Crippen LogP contribution in [0.4, 0.5) is 13.2 Å². The van der Waals surface area contributed by atoms with Gasteiger partial charge in [-0.05, 0) is 42.3 Å². The maximum atomic E-state index is 13.2. The first-order valence-electron chi connectivity index (χ1n) is 8.50. The summed E-state index contributed by atoms with van der Waals surface area (Å²) in [6, 6.07) is 7.53. The van der Waals surface area contributed by atoms with Crippen LogP contribution in [-0.2, 0) is 19.8 Å². The van der Waals surface area contributed by atoms with Crippen LogP contribution in [0.2, 0.25) is 5.28 Å². The van der Waals surface area contributed by atoms with Gasteiger partial charge in [0.05, 0.1) is 24.1 Å². The van der Waals surface area contributed by atoms with Crippen LogP contribution in [0.1, 0.15) is 17.0 Å². The Kier molecular flexibility index (Phi) is 4.45. The molecule has 150 valence electrons. The van der Waals surface area contributed by atoms with Crippen molar-refractivity contribution >= 4 is 22.8 Å². The van der Waals surface area contributed by atoms with Crippen LogP contribution in [0.25, 0.3) is 16.9 Å². The van der Waals surface area contributed by atoms with Crippen molar-refractivity contribution in [2.24, 2.45) is 7.05 Å². The molecular formula is C18H15ClF3N7. The zero-order chi connectivity index (χ0) is 20.9. The lowest BCUT2D eigenvalue weighted by Gasteiger charge is -2.11. The molecule has 0 fully saturated rings. The van der Waals surface area contributed by atoms with E-state index in [2.05, 4.69) is 15.1 Å². The van der Waals surface area contributed by atoms with E-state index in [0.717, 1.165) is 16.3 Å². The fourth-order valence-corrected chi connectivity index (χ4v) is 3.28. The van der Waals surface area contributed by atoms with E-state index in [0.29, 0.717) is 23.4 Å². The second-order valence-corrected chi connectivity index (χ2v) is 6.90. The predicted octanol–water partition coefficient (Wildman–Crippen LogP) is 3.46. The first-order chi connectivity index (χ1) is 13.6. The number of alkyl halides is 3. The van der Waals surface area contributed by atoms with E-state index in [4.69, 9.17) is 17.0 Å². The monoisotopic (exact) mass is 421 g/mol. The maximum absolute atomic E-state index is 13.2. The number of imidazole rings is 1. The normalized spacial score (nSPS) is 12.1. The Hall–Kier alpha value is -3.14. The molecule has 4 aromatic rings. The van der Waals surface area contributed by atoms with E-state index in [1.807, 2.05) is 0 Å². The molecule has 7 nitrogen and oxygen atoms in total. The molecule has 0 saturated carbocycles. The van der Waals surface area contributed by atoms with Gasteiger partial charge < -0.3 is 4.57 Å². The molecule has 0 unspecified atom stereocenters. The Bertz CT molecular complexity index is 1270. The van der Waals surface area contributed by atoms with Gasteiger partial charge in [-0.1, -0.05) is 12.1 Å². The number of benzene rings is 1. The molecule has 1 aromatic carbocycles. The minimum absolute atomic E-state index is 0.0703. The molecule has 4 rings (SSSR count). The molecule has 11 heteroatoms. The molecule has 0 aliphatic carbocycles. The fraction of sp³-hybridized carbons (Fsp3) is 0.222. The quantitative estimate of drug-likeness (QED) is 0.514. The summed E-state index contributed by atoms with van der Waals surface area (Å²) in [6.45, 7) is 1.81. The van der Waals surface area contributed by atoms with Gasteiger partial charge in [0.1, 0.15) is 11.2 Å². The SMILES string of the molecule is Cc1cc(C(F)(F)F)n(-c2ccc(Cn3c(=N)n(C)c4cnc(Cl)nc43)cc2)n1. The molecule has 3 heterocycles. The van der Waals surface area contributed by atoms with Crippen molar-refractivity contribution in [1.29, 1.82) is 5.41 Å². The summed E-state index contributed by atoms with van der Waals surface area (Å²) in [6.07, 6.45) is -2.96. The summed E-state index contributed by atoms with van der Waals surface area (Å²) in [7, 11) is 1.72. The minimum Gasteiger partial charge on any atom is -0.311 e. The van der Waals surface area contributed by atoms with Crippen molar-refractivity contribution in [3.63, 3.8) is 0 Å². The standard InChI is InChI=1S/C18H15ClF3N7/c1-10-7-14(18(20,21)22)29(26-10)12-5-3-11(4-6-12)9-28-15-13(27(2)17(28)23)8-24-16(19)25-15/h3-8,23H,9H2,1-2H3. The third-order valence-electron chi connectivity index (χ3n) is 4.55. The molecule has 29 heavy (non-hydrogen) atoms. The highest BCUT2D eigenvalue weighted by Crippen LogP contribution is 2.31. The summed E-state index contributed by atoms with van der Waals surface area (Å²) in [5.74, 6) is 0. The van der Waals surface area contributed by atoms with E-state index in [1.54, 1.807) is 46.6 Å². The number of nitrogens with one attached hydrogen (secondary N) is 1. The lowest BCUT2D eigenvalue weighted by atomic mass is 10.2. The van der Waals surface area contributed by atoms with E-state index < -0.39 is 11.9 Å². The Morgan fingerprint density at radius 2 is 1.86 bits per heavy atom. The molecule has 1 N–H and O–H groups in total. The molecule has 0 atom stereocenters. The van der Waals surface area contributed by atoms with E-state index >= 15 is 0 Å². The minimum atomic E-state index is -4.50. The largest absolute Gasteiger partial charge is 0.433 e. The number of hydrogen-bond donors (Lipinski definition) is 1. The summed E-state index contributed by atoms with van der Waals surface area (Å²) < 4.78 is 43.9. The number of aryl methyl sites for hydroxylation is 2. The zero-order valence-electron chi connectivity index (χ0n) is 15.4. The van der Waals surface area contributed by atoms with Crippen LogP contribution in [-0.4, -0.2) is 28.9 Å². The highest BCUT2D eigenvalue weighted by molar-refractivity contribution is 6.28. The molecule has 0 amide bonds. The van der Waals surface area contributed by atoms with Crippen molar-refractivity contribution in [2.75, 3.05) is 0 Å². The number of aromatic nitrogens is 6. The Morgan fingerprint density at radius 3 is 2.52 bits per heavy atom. The molecule has 0 radical (unpaired) electrons. The Labute approximate surface area is 167 Å². The van der Waals surface area contributed by atoms with Crippen LogP contribution in [0, 0.1) is 12.3 Å². The molecule has 0 spiro atoms. The van der Waals surface area contributed by atoms with Crippen LogP contribution in [0.3, 0.4) is 0 Å². The van der Waals surface area contributed by atoms with Gasteiger partial charge in [0.2, 0.25) is 10.9 Å². The zero-order valence-corrected chi connectivity index (χ0v) is 16.1. The molecule has 0 aliphatic heterocycles. The van der Waals surface area contributed by atoms with Crippen LogP contribution in [0.15, 0.2) is 36.5 Å². The molecule has 0 saturated heterocycles. The summed E-state index contributed by atoms with van der Waals surface area (Å²) >= 11 is 5.89. The van der Waals surface area contributed by atoms with E-state index in [9.17, 15) is 13.2 Å². The summed E-state index contributed by atoms with van der Waals surface area (Å²) in [5.41, 5.74) is 1.89. The molecule has 0 aliphatic rings. The van der Waals surface area contributed by atoms with Crippen molar-refractivity contribution in [2.45, 2.75) is 19.6 Å². The molecule has 3 aromatic heterocycles. The molecular weight excluding hydrogens is 407 g/mol. The van der Waals surface area contributed by atoms with Crippen molar-refractivity contribution in [1.82, 2.24) is 28.9 Å². The van der Waals surface area contributed by atoms with E-state index in [-0.39, 0.29) is 16.6 Å². The average molecular weight is 422 g/mol. The van der Waals surface area contributed by atoms with E-state index in [1.165, 1.54) is 6.92 Å². The fourth-order valence-electron chi connectivity index (χ4n) is 3.15. The van der Waals surface area contributed by atoms with Gasteiger partial charge in [-0.15, -0.1) is 0 Å². The Morgan fingerprint density at radius 1 is 1.17 bits per heavy atom. The average Bonchev–Trinajstić information content (AvgIpc) is 3.16. The van der Waals surface area contributed by atoms with Gasteiger partial charge in [-0.25, -0.2) is 9.67 Å². The summed E-state index contributed by atoms with van der Waals surface area (Å²) in [5, 5.41) is 12.3. The number of rotatable bonds is 3. The van der Waals surface area contributed by atoms with Crippen LogP contribution in [0.5, 0.6) is 0 Å². The third kappa shape index (κ3) is 3.39. The lowest BCUT2D eigenvalue weighted by Crippen LogP contribution is -2.23. The van der Waals surface area contributed by atoms with Gasteiger partial charge in [0.15, 0.2) is 5.65 Å². The topological polar surface area (TPSA) is 77.3 Å². The maximum Gasteiger partial charge on any atom is 0.433 e. The van der Waals surface area contributed by atoms with Crippen molar-refractivity contribution in [3.8, 4) is 5.69 Å². The molecule has 0 bridgehead atoms. The van der Waals surface area contributed by atoms with Crippen molar-refractivity contribution in [3.05, 3.63) is 64.4 Å². The lowest BCUT2D eigenvalue weighted by molar-refractivity contribution is -0.142. The number of hydrogen-bond acceptors (Lipinski definition) is 4. The van der Waals surface area contributed by atoms with Crippen LogP contribution < -0.4 is 5.62 Å². The second-order valence-electron chi connectivity index (χ2n) is 6.56. The van der Waals surface area contributed by atoms with Gasteiger partial charge in [0, 0.05) is 7.05 Å². The van der Waals surface area contributed by atoms with Crippen molar-refractivity contribution < 1.29 is 13.2 Å². The Balaban J connectivity index is 1.71. The van der Waals surface area contributed by atoms with Gasteiger partial charge >= 0.3 is 6.18 Å². The van der Waals surface area contributed by atoms with Crippen LogP contribution >= 0.6 is 11.6 Å². The predicted molar refractivity (Wildman–Crippen MR) is 99.8 cm³/mol. The second kappa shape index (κ2) is 6.73. The smallest absolute Gasteiger partial charge is 0.311 e. The summed E-state index contributed by atoms with van der Waals surface area (Å²) in [4.78, 5) is 8.14. The van der Waals surface area contributed by atoms with Gasteiger partial charge in [0.25, 0.3) is 0 Å². The first-order valence-corrected chi connectivity index (χ1v) is 8.88. The highest BCUT2D eigenvalue weighted by Gasteiger charge is 2.35. The number of fused-ring (bicyclic) bond motifs is 1.